The number of halogens is 3. The van der Waals surface area contributed by atoms with Crippen molar-refractivity contribution in [3.05, 3.63) is 45.1 Å². The fraction of sp³-hybridized carbons (Fsp3) is 0.231. The van der Waals surface area contributed by atoms with E-state index in [0.29, 0.717) is 6.54 Å². The Balaban J connectivity index is 1.99. The summed E-state index contributed by atoms with van der Waals surface area (Å²) in [7, 11) is 0. The Morgan fingerprint density at radius 3 is 2.68 bits per heavy atom. The lowest BCUT2D eigenvalue weighted by Crippen LogP contribution is -2.03. The van der Waals surface area contributed by atoms with E-state index in [1.807, 2.05) is 19.1 Å². The minimum Gasteiger partial charge on any atom is -0.433 e. The van der Waals surface area contributed by atoms with Gasteiger partial charge in [0.15, 0.2) is 0 Å². The molecule has 2 aromatic rings. The van der Waals surface area contributed by atoms with Crippen LogP contribution in [-0.4, -0.2) is 6.61 Å². The van der Waals surface area contributed by atoms with Gasteiger partial charge in [-0.1, -0.05) is 11.6 Å². The van der Waals surface area contributed by atoms with Crippen molar-refractivity contribution >= 4 is 28.6 Å². The average molecular weight is 304 g/mol. The molecule has 2 nitrogen and oxygen atoms in total. The number of benzene rings is 1. The fourth-order valence-electron chi connectivity index (χ4n) is 1.57. The van der Waals surface area contributed by atoms with E-state index in [0.717, 1.165) is 5.69 Å². The lowest BCUT2D eigenvalue weighted by Gasteiger charge is -2.09. The summed E-state index contributed by atoms with van der Waals surface area (Å²) in [6, 6.07) is 8.75. The number of thiophene rings is 1. The van der Waals surface area contributed by atoms with E-state index in [2.05, 4.69) is 10.1 Å². The molecule has 0 unspecified atom stereocenters. The van der Waals surface area contributed by atoms with Crippen molar-refractivity contribution < 1.29 is 13.5 Å². The third kappa shape index (κ3) is 4.08. The quantitative estimate of drug-likeness (QED) is 0.846. The summed E-state index contributed by atoms with van der Waals surface area (Å²) in [5.74, 6) is -0.0193. The molecule has 1 aromatic carbocycles. The largest absolute Gasteiger partial charge is 0.433 e. The molecule has 0 saturated heterocycles. The molecule has 1 aromatic heterocycles. The van der Waals surface area contributed by atoms with Crippen molar-refractivity contribution in [2.24, 2.45) is 0 Å². The van der Waals surface area contributed by atoms with Gasteiger partial charge in [0.1, 0.15) is 5.75 Å². The highest BCUT2D eigenvalue weighted by Gasteiger charge is 2.09. The Morgan fingerprint density at radius 1 is 1.32 bits per heavy atom. The first-order chi connectivity index (χ1) is 9.04. The van der Waals surface area contributed by atoms with E-state index >= 15 is 0 Å². The number of anilines is 1. The van der Waals surface area contributed by atoms with Crippen LogP contribution in [0.4, 0.5) is 14.5 Å². The SMILES string of the molecule is Cc1ccc(CNc2ccc(OC(F)F)c(Cl)c2)s1. The lowest BCUT2D eigenvalue weighted by atomic mass is 10.3. The molecule has 1 heterocycles. The Hall–Kier alpha value is -1.33. The van der Waals surface area contributed by atoms with Gasteiger partial charge in [0.2, 0.25) is 0 Å². The predicted molar refractivity (Wildman–Crippen MR) is 74.5 cm³/mol. The van der Waals surface area contributed by atoms with Gasteiger partial charge in [-0.15, -0.1) is 11.3 Å². The molecule has 0 fully saturated rings. The summed E-state index contributed by atoms with van der Waals surface area (Å²) >= 11 is 7.57. The van der Waals surface area contributed by atoms with E-state index < -0.39 is 6.61 Å². The highest BCUT2D eigenvalue weighted by Crippen LogP contribution is 2.29. The third-order valence-corrected chi connectivity index (χ3v) is 3.71. The van der Waals surface area contributed by atoms with Crippen LogP contribution in [0.5, 0.6) is 5.75 Å². The second-order valence-corrected chi connectivity index (χ2v) is 5.67. The first-order valence-corrected chi connectivity index (χ1v) is 6.77. The summed E-state index contributed by atoms with van der Waals surface area (Å²) in [6.45, 7) is -0.156. The van der Waals surface area contributed by atoms with Crippen LogP contribution in [0, 0.1) is 6.92 Å². The average Bonchev–Trinajstić information content (AvgIpc) is 2.75. The number of hydrogen-bond donors (Lipinski definition) is 1. The van der Waals surface area contributed by atoms with Gasteiger partial charge in [0.05, 0.1) is 5.02 Å². The molecule has 0 aliphatic rings. The van der Waals surface area contributed by atoms with Gasteiger partial charge < -0.3 is 10.1 Å². The Bertz CT molecular complexity index is 559. The molecule has 0 amide bonds. The van der Waals surface area contributed by atoms with Gasteiger partial charge in [0, 0.05) is 22.0 Å². The molecule has 19 heavy (non-hydrogen) atoms. The minimum atomic E-state index is -2.87. The van der Waals surface area contributed by atoms with Crippen molar-refractivity contribution in [1.82, 2.24) is 0 Å². The molecule has 0 atom stereocenters. The zero-order valence-electron chi connectivity index (χ0n) is 10.1. The number of hydrogen-bond acceptors (Lipinski definition) is 3. The highest BCUT2D eigenvalue weighted by molar-refractivity contribution is 7.11. The van der Waals surface area contributed by atoms with Gasteiger partial charge >= 0.3 is 6.61 Å². The zero-order chi connectivity index (χ0) is 13.8. The second-order valence-electron chi connectivity index (χ2n) is 3.89. The number of ether oxygens (including phenoxy) is 1. The van der Waals surface area contributed by atoms with Gasteiger partial charge in [-0.25, -0.2) is 0 Å². The van der Waals surface area contributed by atoms with Crippen molar-refractivity contribution in [2.45, 2.75) is 20.1 Å². The maximum atomic E-state index is 12.1. The summed E-state index contributed by atoms with van der Waals surface area (Å²) in [5, 5.41) is 3.34. The molecule has 0 radical (unpaired) electrons. The van der Waals surface area contributed by atoms with E-state index in [9.17, 15) is 8.78 Å². The van der Waals surface area contributed by atoms with E-state index in [1.165, 1.54) is 15.8 Å². The Kier molecular flexibility index (Phi) is 4.61. The predicted octanol–water partition coefficient (Wildman–Crippen LogP) is 4.92. The van der Waals surface area contributed by atoms with Gasteiger partial charge in [-0.05, 0) is 37.3 Å². The topological polar surface area (TPSA) is 21.3 Å². The van der Waals surface area contributed by atoms with Crippen LogP contribution >= 0.6 is 22.9 Å². The molecule has 102 valence electrons. The molecule has 0 saturated carbocycles. The molecule has 0 bridgehead atoms. The molecule has 6 heteroatoms. The van der Waals surface area contributed by atoms with E-state index in [-0.39, 0.29) is 10.8 Å². The van der Waals surface area contributed by atoms with Crippen LogP contribution in [0.15, 0.2) is 30.3 Å². The first-order valence-electron chi connectivity index (χ1n) is 5.58. The molecular formula is C13H12ClF2NOS. The third-order valence-electron chi connectivity index (χ3n) is 2.41. The molecule has 0 spiro atoms. The summed E-state index contributed by atoms with van der Waals surface area (Å²) in [4.78, 5) is 2.44. The van der Waals surface area contributed by atoms with Crippen LogP contribution in [0.2, 0.25) is 5.02 Å². The van der Waals surface area contributed by atoms with Crippen molar-refractivity contribution in [2.75, 3.05) is 5.32 Å². The number of rotatable bonds is 5. The minimum absolute atomic E-state index is 0.0193. The van der Waals surface area contributed by atoms with Crippen molar-refractivity contribution in [1.29, 1.82) is 0 Å². The zero-order valence-corrected chi connectivity index (χ0v) is 11.7. The number of aryl methyl sites for hydroxylation is 1. The molecule has 0 aliphatic carbocycles. The standard InChI is InChI=1S/C13H12ClF2NOS/c1-8-2-4-10(19-8)7-17-9-3-5-12(11(14)6-9)18-13(15)16/h2-6,13,17H,7H2,1H3. The van der Waals surface area contributed by atoms with Gasteiger partial charge in [0.25, 0.3) is 0 Å². The van der Waals surface area contributed by atoms with Crippen LogP contribution in [0.25, 0.3) is 0 Å². The van der Waals surface area contributed by atoms with Crippen LogP contribution in [0.1, 0.15) is 9.75 Å². The van der Waals surface area contributed by atoms with E-state index in [4.69, 9.17) is 11.6 Å². The first kappa shape index (κ1) is 14.1. The number of nitrogens with one attached hydrogen (secondary N) is 1. The normalized spacial score (nSPS) is 10.8. The van der Waals surface area contributed by atoms with Crippen LogP contribution in [0.3, 0.4) is 0 Å². The molecule has 1 N–H and O–H groups in total. The van der Waals surface area contributed by atoms with Crippen LogP contribution in [-0.2, 0) is 6.54 Å². The molecule has 2 rings (SSSR count). The summed E-state index contributed by atoms with van der Waals surface area (Å²) < 4.78 is 28.4. The lowest BCUT2D eigenvalue weighted by molar-refractivity contribution is -0.0497. The number of alkyl halides is 2. The maximum absolute atomic E-state index is 12.1. The Morgan fingerprint density at radius 2 is 2.11 bits per heavy atom. The summed E-state index contributed by atoms with van der Waals surface area (Å²) in [5.41, 5.74) is 0.762. The van der Waals surface area contributed by atoms with E-state index in [1.54, 1.807) is 23.5 Å². The molecular weight excluding hydrogens is 292 g/mol. The Labute approximate surface area is 119 Å². The van der Waals surface area contributed by atoms with Crippen LogP contribution < -0.4 is 10.1 Å². The monoisotopic (exact) mass is 303 g/mol. The molecule has 0 aliphatic heterocycles. The second kappa shape index (κ2) is 6.21. The smallest absolute Gasteiger partial charge is 0.387 e. The van der Waals surface area contributed by atoms with Gasteiger partial charge in [-0.2, -0.15) is 8.78 Å². The maximum Gasteiger partial charge on any atom is 0.387 e. The van der Waals surface area contributed by atoms with Crippen molar-refractivity contribution in [3.63, 3.8) is 0 Å². The summed E-state index contributed by atoms with van der Waals surface area (Å²) in [6.07, 6.45) is 0. The fourth-order valence-corrected chi connectivity index (χ4v) is 2.63. The van der Waals surface area contributed by atoms with Crippen molar-refractivity contribution in [3.8, 4) is 5.75 Å². The highest BCUT2D eigenvalue weighted by atomic mass is 35.5. The van der Waals surface area contributed by atoms with Gasteiger partial charge in [-0.3, -0.25) is 0 Å².